The number of aromatic carboxylic acids is 1. The smallest absolute Gasteiger partial charge is 0.338 e. The van der Waals surface area contributed by atoms with E-state index in [9.17, 15) is 4.79 Å². The number of carboxylic acid groups (broad SMARTS) is 1. The number of hydrogen-bond acceptors (Lipinski definition) is 3. The molecule has 1 unspecified atom stereocenters. The molecule has 0 aliphatic carbocycles. The molecule has 1 aromatic carbocycles. The summed E-state index contributed by atoms with van der Waals surface area (Å²) in [4.78, 5) is 11.1. The van der Waals surface area contributed by atoms with Crippen LogP contribution in [0.1, 0.15) is 55.9 Å². The van der Waals surface area contributed by atoms with E-state index in [0.29, 0.717) is 5.52 Å². The zero-order valence-electron chi connectivity index (χ0n) is 11.3. The standard InChI is InChI=1S/C14H19N3O2/c1-3-4-5-7-10(2)17-12-9-6-8-11(14(18)19)13(12)15-16-17/h6,8-10H,3-5,7H2,1-2H3,(H,18,19). The Bertz CT molecular complexity index is 577. The van der Waals surface area contributed by atoms with Crippen LogP contribution < -0.4 is 0 Å². The SMILES string of the molecule is CCCCCC(C)n1nnc2c(C(=O)O)cccc21. The summed E-state index contributed by atoms with van der Waals surface area (Å²) in [5.41, 5.74) is 1.48. The maximum Gasteiger partial charge on any atom is 0.338 e. The minimum Gasteiger partial charge on any atom is -0.478 e. The lowest BCUT2D eigenvalue weighted by atomic mass is 10.1. The lowest BCUT2D eigenvalue weighted by Crippen LogP contribution is -2.07. The molecule has 1 atom stereocenters. The molecule has 2 rings (SSSR count). The van der Waals surface area contributed by atoms with E-state index in [4.69, 9.17) is 5.11 Å². The molecule has 0 saturated heterocycles. The van der Waals surface area contributed by atoms with Crippen molar-refractivity contribution in [3.8, 4) is 0 Å². The van der Waals surface area contributed by atoms with Crippen molar-refractivity contribution < 1.29 is 9.90 Å². The van der Waals surface area contributed by atoms with Crippen LogP contribution in [0.2, 0.25) is 0 Å². The highest BCUT2D eigenvalue weighted by Gasteiger charge is 2.16. The van der Waals surface area contributed by atoms with Crippen LogP contribution >= 0.6 is 0 Å². The third-order valence-corrected chi connectivity index (χ3v) is 3.38. The van der Waals surface area contributed by atoms with Crippen molar-refractivity contribution in [2.45, 2.75) is 45.6 Å². The van der Waals surface area contributed by atoms with Crippen LogP contribution in [0, 0.1) is 0 Å². The van der Waals surface area contributed by atoms with Crippen LogP contribution in [0.4, 0.5) is 0 Å². The van der Waals surface area contributed by atoms with Crippen molar-refractivity contribution in [2.75, 3.05) is 0 Å². The van der Waals surface area contributed by atoms with Crippen LogP contribution in [0.3, 0.4) is 0 Å². The Morgan fingerprint density at radius 2 is 2.21 bits per heavy atom. The number of rotatable bonds is 6. The predicted octanol–water partition coefficient (Wildman–Crippen LogP) is 3.27. The largest absolute Gasteiger partial charge is 0.478 e. The molecule has 5 nitrogen and oxygen atoms in total. The van der Waals surface area contributed by atoms with Crippen LogP contribution in [0.15, 0.2) is 18.2 Å². The Morgan fingerprint density at radius 1 is 1.42 bits per heavy atom. The third-order valence-electron chi connectivity index (χ3n) is 3.38. The van der Waals surface area contributed by atoms with E-state index in [2.05, 4.69) is 24.2 Å². The van der Waals surface area contributed by atoms with Gasteiger partial charge in [0.05, 0.1) is 17.1 Å². The summed E-state index contributed by atoms with van der Waals surface area (Å²) in [6.45, 7) is 4.27. The van der Waals surface area contributed by atoms with Crippen molar-refractivity contribution >= 4 is 17.0 Å². The van der Waals surface area contributed by atoms with E-state index in [1.165, 1.54) is 12.8 Å². The minimum absolute atomic E-state index is 0.213. The zero-order valence-corrected chi connectivity index (χ0v) is 11.3. The zero-order chi connectivity index (χ0) is 13.8. The molecule has 102 valence electrons. The molecule has 0 aliphatic heterocycles. The molecule has 1 aromatic heterocycles. The van der Waals surface area contributed by atoms with Gasteiger partial charge in [0.15, 0.2) is 0 Å². The van der Waals surface area contributed by atoms with Crippen molar-refractivity contribution in [3.05, 3.63) is 23.8 Å². The maximum atomic E-state index is 11.1. The number of carboxylic acids is 1. The summed E-state index contributed by atoms with van der Waals surface area (Å²) in [5.74, 6) is -0.962. The number of aromatic nitrogens is 3. The van der Waals surface area contributed by atoms with Crippen LogP contribution in [-0.2, 0) is 0 Å². The average Bonchev–Trinajstić information content (AvgIpc) is 2.82. The molecule has 0 saturated carbocycles. The molecule has 0 amide bonds. The molecule has 0 radical (unpaired) electrons. The fourth-order valence-corrected chi connectivity index (χ4v) is 2.27. The predicted molar refractivity (Wildman–Crippen MR) is 73.3 cm³/mol. The fourth-order valence-electron chi connectivity index (χ4n) is 2.27. The number of fused-ring (bicyclic) bond motifs is 1. The molecule has 19 heavy (non-hydrogen) atoms. The quantitative estimate of drug-likeness (QED) is 0.810. The summed E-state index contributed by atoms with van der Waals surface area (Å²) in [6.07, 6.45) is 4.58. The molecule has 1 heterocycles. The van der Waals surface area contributed by atoms with Gasteiger partial charge in [-0.3, -0.25) is 0 Å². The van der Waals surface area contributed by atoms with Crippen molar-refractivity contribution in [2.24, 2.45) is 0 Å². The topological polar surface area (TPSA) is 68.0 Å². The van der Waals surface area contributed by atoms with E-state index in [0.717, 1.165) is 18.4 Å². The number of carbonyl (C=O) groups is 1. The molecule has 0 spiro atoms. The molecular formula is C14H19N3O2. The average molecular weight is 261 g/mol. The van der Waals surface area contributed by atoms with E-state index < -0.39 is 5.97 Å². The van der Waals surface area contributed by atoms with E-state index >= 15 is 0 Å². The number of nitrogens with zero attached hydrogens (tertiary/aromatic N) is 3. The highest BCUT2D eigenvalue weighted by atomic mass is 16.4. The van der Waals surface area contributed by atoms with Crippen LogP contribution in [0.5, 0.6) is 0 Å². The lowest BCUT2D eigenvalue weighted by molar-refractivity contribution is 0.0699. The molecule has 0 fully saturated rings. The van der Waals surface area contributed by atoms with E-state index in [1.807, 2.05) is 10.7 Å². The molecule has 0 aliphatic rings. The van der Waals surface area contributed by atoms with Crippen LogP contribution in [0.25, 0.3) is 11.0 Å². The maximum absolute atomic E-state index is 11.1. The number of hydrogen-bond donors (Lipinski definition) is 1. The van der Waals surface area contributed by atoms with Gasteiger partial charge in [-0.05, 0) is 25.5 Å². The molecule has 5 heteroatoms. The Morgan fingerprint density at radius 3 is 2.89 bits per heavy atom. The normalized spacial score (nSPS) is 12.7. The van der Waals surface area contributed by atoms with Gasteiger partial charge in [0.1, 0.15) is 5.52 Å². The second-order valence-electron chi connectivity index (χ2n) is 4.86. The molecule has 1 N–H and O–H groups in total. The first kappa shape index (κ1) is 13.5. The van der Waals surface area contributed by atoms with Crippen molar-refractivity contribution in [1.82, 2.24) is 15.0 Å². The van der Waals surface area contributed by atoms with Gasteiger partial charge in [-0.15, -0.1) is 5.10 Å². The number of unbranched alkanes of at least 4 members (excludes halogenated alkanes) is 2. The Kier molecular flexibility index (Phi) is 4.14. The van der Waals surface area contributed by atoms with Gasteiger partial charge >= 0.3 is 5.97 Å². The fraction of sp³-hybridized carbons (Fsp3) is 0.500. The van der Waals surface area contributed by atoms with E-state index in [-0.39, 0.29) is 11.6 Å². The Balaban J connectivity index is 2.30. The molecule has 2 aromatic rings. The van der Waals surface area contributed by atoms with Crippen LogP contribution in [-0.4, -0.2) is 26.1 Å². The molecular weight excluding hydrogens is 242 g/mol. The third kappa shape index (κ3) is 2.75. The van der Waals surface area contributed by atoms with Gasteiger partial charge in [0, 0.05) is 0 Å². The minimum atomic E-state index is -0.962. The summed E-state index contributed by atoms with van der Waals surface area (Å²) in [7, 11) is 0. The van der Waals surface area contributed by atoms with Gasteiger partial charge < -0.3 is 5.11 Å². The Labute approximate surface area is 112 Å². The van der Waals surface area contributed by atoms with Crippen molar-refractivity contribution in [3.63, 3.8) is 0 Å². The van der Waals surface area contributed by atoms with Gasteiger partial charge in [0.2, 0.25) is 0 Å². The monoisotopic (exact) mass is 261 g/mol. The van der Waals surface area contributed by atoms with Gasteiger partial charge in [-0.1, -0.05) is 37.5 Å². The summed E-state index contributed by atoms with van der Waals surface area (Å²) in [6, 6.07) is 5.41. The summed E-state index contributed by atoms with van der Waals surface area (Å²) >= 11 is 0. The second-order valence-corrected chi connectivity index (χ2v) is 4.86. The Hall–Kier alpha value is -1.91. The summed E-state index contributed by atoms with van der Waals surface area (Å²) in [5, 5.41) is 17.3. The lowest BCUT2D eigenvalue weighted by Gasteiger charge is -2.12. The van der Waals surface area contributed by atoms with E-state index in [1.54, 1.807) is 12.1 Å². The first-order valence-electron chi connectivity index (χ1n) is 6.72. The number of benzene rings is 1. The second kappa shape index (κ2) is 5.82. The first-order valence-corrected chi connectivity index (χ1v) is 6.72. The molecule has 0 bridgehead atoms. The van der Waals surface area contributed by atoms with Gasteiger partial charge in [-0.25, -0.2) is 9.48 Å². The van der Waals surface area contributed by atoms with Gasteiger partial charge in [-0.2, -0.15) is 0 Å². The summed E-state index contributed by atoms with van der Waals surface area (Å²) < 4.78 is 1.83. The van der Waals surface area contributed by atoms with Crippen molar-refractivity contribution in [1.29, 1.82) is 0 Å². The highest BCUT2D eigenvalue weighted by Crippen LogP contribution is 2.22. The highest BCUT2D eigenvalue weighted by molar-refractivity contribution is 6.00. The first-order chi connectivity index (χ1) is 9.15. The van der Waals surface area contributed by atoms with Gasteiger partial charge in [0.25, 0.3) is 0 Å².